The molecule has 1 amide bonds. The number of likely N-dealkylation sites (N-methyl/N-ethyl adjacent to an activating group) is 1. The minimum absolute atomic E-state index is 0.00277. The van der Waals surface area contributed by atoms with Crippen LogP contribution in [0, 0.1) is 11.8 Å². The van der Waals surface area contributed by atoms with E-state index in [1.54, 1.807) is 24.1 Å². The molecule has 0 radical (unpaired) electrons. The number of aromatic hydroxyl groups is 1. The van der Waals surface area contributed by atoms with Crippen molar-refractivity contribution in [3.63, 3.8) is 0 Å². The average Bonchev–Trinajstić information content (AvgIpc) is 3.25. The number of ketones is 3. The number of carbonyl (C=O) groups is 4. The van der Waals surface area contributed by atoms with Crippen molar-refractivity contribution >= 4 is 29.0 Å². The number of benzene rings is 1. The second kappa shape index (κ2) is 8.89. The number of phenolic OH excluding ortho intramolecular Hbond substituents is 1. The summed E-state index contributed by atoms with van der Waals surface area (Å²) < 4.78 is 1.70. The number of aromatic nitrogens is 2. The molecule has 6 N–H and O–H groups in total. The number of rotatable bonds is 5. The fourth-order valence-electron chi connectivity index (χ4n) is 6.32. The molecule has 0 unspecified atom stereocenters. The summed E-state index contributed by atoms with van der Waals surface area (Å²) in [5.74, 6) is -7.65. The number of nitrogens with two attached hydrogens (primary N) is 1. The largest absolute Gasteiger partial charge is 0.508 e. The molecule has 3 aliphatic rings. The lowest BCUT2D eigenvalue weighted by Gasteiger charge is -2.50. The highest BCUT2D eigenvalue weighted by molar-refractivity contribution is 6.24. The van der Waals surface area contributed by atoms with Crippen LogP contribution in [-0.2, 0) is 34.3 Å². The topological polar surface area (TPSA) is 196 Å². The molecular weight excluding hydrogens is 508 g/mol. The Morgan fingerprint density at radius 2 is 1.90 bits per heavy atom. The molecule has 1 aromatic heterocycles. The molecule has 204 valence electrons. The van der Waals surface area contributed by atoms with E-state index in [1.165, 1.54) is 31.1 Å². The molecule has 5 rings (SSSR count). The van der Waals surface area contributed by atoms with Crippen molar-refractivity contribution in [2.75, 3.05) is 14.1 Å². The van der Waals surface area contributed by atoms with Crippen LogP contribution in [0.5, 0.6) is 5.75 Å². The minimum Gasteiger partial charge on any atom is -0.508 e. The Balaban J connectivity index is 1.67. The third-order valence-corrected chi connectivity index (χ3v) is 8.16. The van der Waals surface area contributed by atoms with E-state index in [0.29, 0.717) is 11.3 Å². The van der Waals surface area contributed by atoms with Gasteiger partial charge in [-0.05, 0) is 50.6 Å². The normalized spacial score (nSPS) is 26.4. The number of aliphatic hydroxyl groups excluding tert-OH is 2. The van der Waals surface area contributed by atoms with Gasteiger partial charge in [0.2, 0.25) is 5.78 Å². The third kappa shape index (κ3) is 3.62. The summed E-state index contributed by atoms with van der Waals surface area (Å²) in [6.07, 6.45) is 3.10. The summed E-state index contributed by atoms with van der Waals surface area (Å²) in [5, 5.41) is 44.5. The van der Waals surface area contributed by atoms with Gasteiger partial charge in [0.25, 0.3) is 5.91 Å². The molecule has 1 fully saturated rings. The van der Waals surface area contributed by atoms with Gasteiger partial charge in [0.05, 0.1) is 24.4 Å². The van der Waals surface area contributed by atoms with Gasteiger partial charge in [-0.25, -0.2) is 4.98 Å². The monoisotopic (exact) mass is 536 g/mol. The van der Waals surface area contributed by atoms with Crippen LogP contribution < -0.4 is 5.73 Å². The molecule has 0 aliphatic heterocycles. The van der Waals surface area contributed by atoms with E-state index >= 15 is 0 Å². The van der Waals surface area contributed by atoms with Crippen molar-refractivity contribution < 1.29 is 39.6 Å². The number of fused-ring (bicyclic) bond motifs is 3. The van der Waals surface area contributed by atoms with Crippen molar-refractivity contribution in [2.45, 2.75) is 30.9 Å². The highest BCUT2D eigenvalue weighted by Gasteiger charge is 2.64. The van der Waals surface area contributed by atoms with Crippen molar-refractivity contribution in [3.8, 4) is 5.75 Å². The highest BCUT2D eigenvalue weighted by atomic mass is 16.3. The molecule has 39 heavy (non-hydrogen) atoms. The minimum atomic E-state index is -2.72. The first-order chi connectivity index (χ1) is 18.3. The van der Waals surface area contributed by atoms with E-state index in [4.69, 9.17) is 5.73 Å². The van der Waals surface area contributed by atoms with Crippen molar-refractivity contribution in [3.05, 3.63) is 63.9 Å². The fraction of sp³-hybridized carbons (Fsp3) is 0.370. The standard InChI is InChI=1S/C27H28N4O8/c1-30(2)21-15-7-11-6-14-13(17(33)8-12-9-29-10-31(12)3)4-5-16(32)19(14)22(34)18(11)24(36)27(15,39)25(37)20(23(21)35)26(28)38/h4-5,9-11,15,21,32,34,37,39H,6-8H2,1-3H3,(H2,28,38)/t11-,15-,21-,27-/m0/s1. The third-order valence-electron chi connectivity index (χ3n) is 8.16. The molecule has 2 aromatic rings. The molecule has 1 heterocycles. The molecule has 0 saturated heterocycles. The number of aryl methyl sites for hydroxylation is 1. The van der Waals surface area contributed by atoms with Gasteiger partial charge in [-0.15, -0.1) is 0 Å². The molecule has 3 aliphatic carbocycles. The van der Waals surface area contributed by atoms with E-state index in [1.807, 2.05) is 0 Å². The number of hydrogen-bond donors (Lipinski definition) is 5. The zero-order valence-corrected chi connectivity index (χ0v) is 21.5. The number of aliphatic hydroxyl groups is 3. The maximum atomic E-state index is 13.9. The Labute approximate surface area is 222 Å². The summed E-state index contributed by atoms with van der Waals surface area (Å²) in [5.41, 5.74) is 2.57. The number of primary amides is 1. The molecule has 12 heteroatoms. The molecule has 4 atom stereocenters. The lowest BCUT2D eigenvalue weighted by Crippen LogP contribution is -2.65. The maximum Gasteiger partial charge on any atom is 0.255 e. The van der Waals surface area contributed by atoms with Gasteiger partial charge < -0.3 is 30.7 Å². The number of imidazole rings is 1. The van der Waals surface area contributed by atoms with Crippen LogP contribution in [0.15, 0.2) is 41.6 Å². The summed E-state index contributed by atoms with van der Waals surface area (Å²) in [4.78, 5) is 57.9. The smallest absolute Gasteiger partial charge is 0.255 e. The van der Waals surface area contributed by atoms with Crippen LogP contribution in [-0.4, -0.2) is 83.9 Å². The average molecular weight is 537 g/mol. The van der Waals surface area contributed by atoms with Gasteiger partial charge in [0, 0.05) is 36.0 Å². The first-order valence-corrected chi connectivity index (χ1v) is 12.3. The van der Waals surface area contributed by atoms with E-state index in [0.717, 1.165) is 0 Å². The van der Waals surface area contributed by atoms with Crippen LogP contribution in [0.1, 0.15) is 33.6 Å². The molecule has 1 saturated carbocycles. The lowest BCUT2D eigenvalue weighted by atomic mass is 9.57. The van der Waals surface area contributed by atoms with Gasteiger partial charge in [0.1, 0.15) is 22.8 Å². The lowest BCUT2D eigenvalue weighted by molar-refractivity contribution is -0.153. The molecule has 0 spiro atoms. The van der Waals surface area contributed by atoms with Crippen LogP contribution >= 0.6 is 0 Å². The number of amides is 1. The zero-order valence-electron chi connectivity index (χ0n) is 21.5. The quantitative estimate of drug-likeness (QED) is 0.259. The Hall–Kier alpha value is -4.29. The number of nitrogens with zero attached hydrogens (tertiary/aromatic N) is 3. The summed E-state index contributed by atoms with van der Waals surface area (Å²) in [6, 6.07) is 1.51. The van der Waals surface area contributed by atoms with Gasteiger partial charge >= 0.3 is 0 Å². The second-order valence-corrected chi connectivity index (χ2v) is 10.5. The summed E-state index contributed by atoms with van der Waals surface area (Å²) >= 11 is 0. The van der Waals surface area contributed by atoms with E-state index in [-0.39, 0.29) is 47.5 Å². The molecule has 1 aromatic carbocycles. The fourth-order valence-corrected chi connectivity index (χ4v) is 6.32. The Bertz CT molecular complexity index is 1530. The van der Waals surface area contributed by atoms with E-state index in [2.05, 4.69) is 4.98 Å². The SMILES string of the molecule is CN(C)[C@@H]1C(=O)C(C(N)=O)=C(O)[C@@]2(O)C(=O)C3=C(O)c4c(O)ccc(C(=O)Cc5cncn5C)c4C[C@H]3C[C@@H]12. The van der Waals surface area contributed by atoms with Crippen LogP contribution in [0.2, 0.25) is 0 Å². The van der Waals surface area contributed by atoms with Crippen LogP contribution in [0.4, 0.5) is 0 Å². The van der Waals surface area contributed by atoms with Gasteiger partial charge in [0.15, 0.2) is 17.2 Å². The van der Waals surface area contributed by atoms with Crippen molar-refractivity contribution in [2.24, 2.45) is 24.6 Å². The summed E-state index contributed by atoms with van der Waals surface area (Å²) in [7, 11) is 4.80. The Morgan fingerprint density at radius 1 is 1.21 bits per heavy atom. The molecule has 0 bridgehead atoms. The van der Waals surface area contributed by atoms with Crippen molar-refractivity contribution in [1.29, 1.82) is 0 Å². The van der Waals surface area contributed by atoms with Gasteiger partial charge in [-0.2, -0.15) is 0 Å². The molecule has 12 nitrogen and oxygen atoms in total. The number of Topliss-reactive ketones (excluding diaryl/α,β-unsaturated/α-hetero) is 3. The second-order valence-electron chi connectivity index (χ2n) is 10.5. The van der Waals surface area contributed by atoms with Crippen LogP contribution in [0.3, 0.4) is 0 Å². The molecular formula is C27H28N4O8. The predicted octanol–water partition coefficient (Wildman–Crippen LogP) is 0.123. The first-order valence-electron chi connectivity index (χ1n) is 12.3. The predicted molar refractivity (Wildman–Crippen MR) is 135 cm³/mol. The van der Waals surface area contributed by atoms with Gasteiger partial charge in [-0.1, -0.05) is 0 Å². The zero-order chi connectivity index (χ0) is 28.5. The number of phenols is 1. The Morgan fingerprint density at radius 3 is 2.49 bits per heavy atom. The van der Waals surface area contributed by atoms with Crippen molar-refractivity contribution in [1.82, 2.24) is 14.5 Å². The van der Waals surface area contributed by atoms with Gasteiger partial charge in [-0.3, -0.25) is 24.1 Å². The maximum absolute atomic E-state index is 13.9. The first kappa shape index (κ1) is 26.3. The van der Waals surface area contributed by atoms with E-state index < -0.39 is 58.0 Å². The Kier molecular flexibility index (Phi) is 6.00. The summed E-state index contributed by atoms with van der Waals surface area (Å²) in [6.45, 7) is 0. The highest BCUT2D eigenvalue weighted by Crippen LogP contribution is 2.53. The van der Waals surface area contributed by atoms with E-state index in [9.17, 15) is 39.6 Å². The number of hydrogen-bond acceptors (Lipinski definition) is 10. The van der Waals surface area contributed by atoms with Crippen LogP contribution in [0.25, 0.3) is 5.76 Å². The number of carbonyl (C=O) groups excluding carboxylic acids is 4.